The van der Waals surface area contributed by atoms with E-state index in [-0.39, 0.29) is 0 Å². The van der Waals surface area contributed by atoms with Gasteiger partial charge in [-0.2, -0.15) is 0 Å². The van der Waals surface area contributed by atoms with Crippen molar-refractivity contribution in [3.05, 3.63) is 194 Å². The van der Waals surface area contributed by atoms with Gasteiger partial charge in [-0.25, -0.2) is 0 Å². The molecule has 0 saturated carbocycles. The van der Waals surface area contributed by atoms with Gasteiger partial charge in [-0.15, -0.1) is 0 Å². The van der Waals surface area contributed by atoms with E-state index in [4.69, 9.17) is 0 Å². The summed E-state index contributed by atoms with van der Waals surface area (Å²) in [6, 6.07) is 71.3. The van der Waals surface area contributed by atoms with Crippen LogP contribution in [0.1, 0.15) is 0 Å². The summed E-state index contributed by atoms with van der Waals surface area (Å²) in [5.74, 6) is 0. The second kappa shape index (κ2) is 11.8. The summed E-state index contributed by atoms with van der Waals surface area (Å²) < 4.78 is 4.84. The van der Waals surface area contributed by atoms with Crippen LogP contribution in [0.4, 0.5) is 0 Å². The Kier molecular flexibility index (Phi) is 6.60. The van der Waals surface area contributed by atoms with Gasteiger partial charge in [0.05, 0.1) is 22.1 Å². The van der Waals surface area contributed by atoms with Crippen molar-refractivity contribution in [2.24, 2.45) is 0 Å². The molecule has 0 saturated heterocycles. The van der Waals surface area contributed by atoms with Gasteiger partial charge >= 0.3 is 0 Å². The van der Waals surface area contributed by atoms with Crippen LogP contribution in [0.15, 0.2) is 204 Å². The molecule has 11 aromatic rings. The van der Waals surface area contributed by atoms with Crippen LogP contribution in [0.3, 0.4) is 0 Å². The minimum Gasteiger partial charge on any atom is -0.309 e. The van der Waals surface area contributed by atoms with Crippen LogP contribution in [0.5, 0.6) is 0 Å². The van der Waals surface area contributed by atoms with Crippen molar-refractivity contribution in [1.29, 1.82) is 0 Å². The lowest BCUT2D eigenvalue weighted by Crippen LogP contribution is -1.97. The maximum Gasteiger partial charge on any atom is 0.0553 e. The average molecular weight is 717 g/mol. The molecule has 2 nitrogen and oxygen atoms in total. The number of rotatable bonds is 4. The first-order chi connectivity index (χ1) is 27.3. The van der Waals surface area contributed by atoms with Crippen molar-refractivity contribution in [3.8, 4) is 44.8 Å². The highest BCUT2D eigenvalue weighted by Gasteiger charge is 2.24. The Balaban J connectivity index is 1.00. The molecule has 3 heteroatoms. The molecule has 0 radical (unpaired) electrons. The van der Waals surface area contributed by atoms with E-state index in [1.54, 1.807) is 0 Å². The van der Waals surface area contributed by atoms with E-state index < -0.39 is 0 Å². The lowest BCUT2D eigenvalue weighted by Gasteiger charge is -2.22. The molecule has 55 heavy (non-hydrogen) atoms. The van der Waals surface area contributed by atoms with Crippen molar-refractivity contribution in [3.63, 3.8) is 0 Å². The van der Waals surface area contributed by atoms with Crippen molar-refractivity contribution >= 4 is 66.1 Å². The third-order valence-corrected chi connectivity index (χ3v) is 12.6. The van der Waals surface area contributed by atoms with Gasteiger partial charge in [0.15, 0.2) is 0 Å². The summed E-state index contributed by atoms with van der Waals surface area (Å²) in [5, 5.41) is 7.79. The fourth-order valence-corrected chi connectivity index (χ4v) is 10.2. The van der Waals surface area contributed by atoms with Crippen molar-refractivity contribution < 1.29 is 0 Å². The maximum absolute atomic E-state index is 2.45. The molecular weight excluding hydrogens is 685 g/mol. The number of hydrogen-bond donors (Lipinski definition) is 0. The summed E-state index contributed by atoms with van der Waals surface area (Å²) in [5.41, 5.74) is 14.7. The molecule has 0 fully saturated rings. The number of para-hydroxylation sites is 3. The van der Waals surface area contributed by atoms with Crippen LogP contribution < -0.4 is 0 Å². The molecule has 0 N–H and O–H groups in total. The summed E-state index contributed by atoms with van der Waals surface area (Å²) in [6.45, 7) is 0. The van der Waals surface area contributed by atoms with Gasteiger partial charge in [0, 0.05) is 48.1 Å². The molecule has 2 aromatic heterocycles. The first-order valence-corrected chi connectivity index (χ1v) is 19.7. The van der Waals surface area contributed by atoms with Gasteiger partial charge in [-0.1, -0.05) is 133 Å². The van der Waals surface area contributed by atoms with Gasteiger partial charge in [0.2, 0.25) is 0 Å². The third-order valence-electron chi connectivity index (χ3n) is 11.5. The minimum atomic E-state index is 1.16. The normalized spacial score (nSPS) is 12.3. The fraction of sp³-hybridized carbons (Fsp3) is 0. The van der Waals surface area contributed by atoms with Crippen LogP contribution >= 0.6 is 11.8 Å². The van der Waals surface area contributed by atoms with Crippen LogP contribution in [-0.2, 0) is 0 Å². The first kappa shape index (κ1) is 30.6. The standard InChI is InChI=1S/C52H32N2S/c1-3-12-33(13-4-1)35-24-28-47-42(30-35)39-16-7-9-19-45(39)53(47)38-26-22-34(23-27-38)36-25-29-49-43(31-36)44-32-48-51(41-18-11-21-50(55-49)52(41)44)40-17-8-10-20-46(40)54(48)37-14-5-2-6-15-37/h1-32H. The second-order valence-electron chi connectivity index (χ2n) is 14.5. The summed E-state index contributed by atoms with van der Waals surface area (Å²) in [7, 11) is 0. The van der Waals surface area contributed by atoms with Gasteiger partial charge in [0.25, 0.3) is 0 Å². The van der Waals surface area contributed by atoms with E-state index >= 15 is 0 Å². The van der Waals surface area contributed by atoms with Crippen molar-refractivity contribution in [2.75, 3.05) is 0 Å². The van der Waals surface area contributed by atoms with E-state index in [9.17, 15) is 0 Å². The highest BCUT2D eigenvalue weighted by molar-refractivity contribution is 7.99. The number of hydrogen-bond acceptors (Lipinski definition) is 1. The Morgan fingerprint density at radius 1 is 0.291 bits per heavy atom. The zero-order valence-electron chi connectivity index (χ0n) is 29.8. The first-order valence-electron chi connectivity index (χ1n) is 18.8. The van der Waals surface area contributed by atoms with Crippen LogP contribution in [-0.4, -0.2) is 9.13 Å². The molecule has 0 atom stereocenters. The average Bonchev–Trinajstić information content (AvgIpc) is 3.77. The number of nitrogens with zero attached hydrogens (tertiary/aromatic N) is 2. The van der Waals surface area contributed by atoms with Crippen LogP contribution in [0.25, 0.3) is 99.1 Å². The summed E-state index contributed by atoms with van der Waals surface area (Å²) in [4.78, 5) is 2.61. The molecule has 0 amide bonds. The lowest BCUT2D eigenvalue weighted by atomic mass is 9.92. The number of aromatic nitrogens is 2. The number of fused-ring (bicyclic) bond motifs is 9. The zero-order valence-corrected chi connectivity index (χ0v) is 30.6. The molecular formula is C52H32N2S. The SMILES string of the molecule is c1ccc(-c2ccc3c(c2)c2ccccc2n3-c2ccc(-c3ccc4c(c3)-c3cc5c(c6cccc(c36)S4)c3ccccc3n5-c3ccccc3)cc2)cc1. The van der Waals surface area contributed by atoms with E-state index in [0.717, 1.165) is 5.69 Å². The molecule has 3 heterocycles. The predicted octanol–water partition coefficient (Wildman–Crippen LogP) is 14.5. The molecule has 9 aromatic carbocycles. The molecule has 12 rings (SSSR count). The Labute approximate surface area is 322 Å². The molecule has 0 aliphatic carbocycles. The van der Waals surface area contributed by atoms with Crippen molar-refractivity contribution in [1.82, 2.24) is 9.13 Å². The highest BCUT2D eigenvalue weighted by atomic mass is 32.2. The minimum absolute atomic E-state index is 1.16. The van der Waals surface area contributed by atoms with Gasteiger partial charge in [0.1, 0.15) is 0 Å². The summed E-state index contributed by atoms with van der Waals surface area (Å²) in [6.07, 6.45) is 0. The van der Waals surface area contributed by atoms with E-state index in [2.05, 4.69) is 203 Å². The van der Waals surface area contributed by atoms with Gasteiger partial charge in [-0.3, -0.25) is 0 Å². The van der Waals surface area contributed by atoms with Crippen LogP contribution in [0, 0.1) is 0 Å². The highest BCUT2D eigenvalue weighted by Crippen LogP contribution is 2.52. The van der Waals surface area contributed by atoms with E-state index in [1.165, 1.54) is 103 Å². The Bertz CT molecular complexity index is 3320. The fourth-order valence-electron chi connectivity index (χ4n) is 9.05. The topological polar surface area (TPSA) is 9.86 Å². The lowest BCUT2D eigenvalue weighted by molar-refractivity contribution is 1.18. The Morgan fingerprint density at radius 2 is 0.873 bits per heavy atom. The van der Waals surface area contributed by atoms with Gasteiger partial charge in [-0.05, 0) is 112 Å². The number of benzene rings is 9. The van der Waals surface area contributed by atoms with E-state index in [1.807, 2.05) is 11.8 Å². The Morgan fingerprint density at radius 3 is 1.69 bits per heavy atom. The summed E-state index contributed by atoms with van der Waals surface area (Å²) >= 11 is 1.89. The second-order valence-corrected chi connectivity index (χ2v) is 15.6. The van der Waals surface area contributed by atoms with E-state index in [0.29, 0.717) is 0 Å². The quantitative estimate of drug-likeness (QED) is 0.176. The van der Waals surface area contributed by atoms with Gasteiger partial charge < -0.3 is 9.13 Å². The molecule has 0 unspecified atom stereocenters. The molecule has 256 valence electrons. The molecule has 0 spiro atoms. The zero-order chi connectivity index (χ0) is 36.0. The molecule has 0 bridgehead atoms. The monoisotopic (exact) mass is 716 g/mol. The van der Waals surface area contributed by atoms with Crippen molar-refractivity contribution in [2.45, 2.75) is 9.79 Å². The predicted molar refractivity (Wildman–Crippen MR) is 233 cm³/mol. The Hall–Kier alpha value is -6.81. The van der Waals surface area contributed by atoms with Crippen LogP contribution in [0.2, 0.25) is 0 Å². The molecule has 1 aliphatic rings. The maximum atomic E-state index is 2.45. The third kappa shape index (κ3) is 4.57. The smallest absolute Gasteiger partial charge is 0.0553 e. The largest absolute Gasteiger partial charge is 0.309 e. The molecule has 1 aliphatic heterocycles.